The minimum absolute atomic E-state index is 0.104. The fraction of sp³-hybridized carbons (Fsp3) is 0.105. The smallest absolute Gasteiger partial charge is 0.244 e. The van der Waals surface area contributed by atoms with Crippen LogP contribution in [0, 0.1) is 0 Å². The van der Waals surface area contributed by atoms with Crippen molar-refractivity contribution in [2.24, 2.45) is 0 Å². The number of carbonyl (C=O) groups is 1. The molecule has 0 N–H and O–H groups in total. The molecule has 0 unspecified atom stereocenters. The standard InChI is InChI=1S/C19H16N2O2/c1-13(22)16-17(14-9-5-3-6-10-14)18(20-21-19(16)23-2)15-11-7-4-8-12-15/h3-12H,1-2H3. The number of rotatable bonds is 4. The summed E-state index contributed by atoms with van der Waals surface area (Å²) in [6, 6.07) is 19.4. The molecular weight excluding hydrogens is 288 g/mol. The summed E-state index contributed by atoms with van der Waals surface area (Å²) in [4.78, 5) is 12.3. The maximum absolute atomic E-state index is 12.3. The number of ether oxygens (including phenoxy) is 1. The molecule has 23 heavy (non-hydrogen) atoms. The molecule has 1 heterocycles. The van der Waals surface area contributed by atoms with E-state index >= 15 is 0 Å². The van der Waals surface area contributed by atoms with Crippen molar-refractivity contribution in [3.63, 3.8) is 0 Å². The van der Waals surface area contributed by atoms with Crippen LogP contribution >= 0.6 is 0 Å². The summed E-state index contributed by atoms with van der Waals surface area (Å²) in [6.07, 6.45) is 0. The Labute approximate surface area is 134 Å². The van der Waals surface area contributed by atoms with Crippen molar-refractivity contribution < 1.29 is 9.53 Å². The average molecular weight is 304 g/mol. The molecule has 4 nitrogen and oxygen atoms in total. The van der Waals surface area contributed by atoms with E-state index in [4.69, 9.17) is 4.74 Å². The highest BCUT2D eigenvalue weighted by Gasteiger charge is 2.22. The van der Waals surface area contributed by atoms with Gasteiger partial charge in [-0.2, -0.15) is 0 Å². The highest BCUT2D eigenvalue weighted by molar-refractivity contribution is 6.05. The second-order valence-corrected chi connectivity index (χ2v) is 5.10. The predicted octanol–water partition coefficient (Wildman–Crippen LogP) is 4.02. The molecule has 0 fully saturated rings. The molecule has 0 aliphatic heterocycles. The fourth-order valence-corrected chi connectivity index (χ4v) is 2.57. The van der Waals surface area contributed by atoms with Crippen LogP contribution in [-0.2, 0) is 0 Å². The van der Waals surface area contributed by atoms with Gasteiger partial charge in [-0.3, -0.25) is 4.79 Å². The minimum atomic E-state index is -0.104. The number of carbonyl (C=O) groups excluding carboxylic acids is 1. The normalized spacial score (nSPS) is 10.3. The summed E-state index contributed by atoms with van der Waals surface area (Å²) >= 11 is 0. The van der Waals surface area contributed by atoms with Crippen molar-refractivity contribution in [3.8, 4) is 28.3 Å². The monoisotopic (exact) mass is 304 g/mol. The van der Waals surface area contributed by atoms with E-state index in [0.717, 1.165) is 16.7 Å². The van der Waals surface area contributed by atoms with Crippen LogP contribution < -0.4 is 4.74 Å². The number of methoxy groups -OCH3 is 1. The van der Waals surface area contributed by atoms with Crippen molar-refractivity contribution in [1.29, 1.82) is 0 Å². The van der Waals surface area contributed by atoms with Crippen molar-refractivity contribution in [3.05, 3.63) is 66.2 Å². The Morgan fingerprint density at radius 1 is 0.870 bits per heavy atom. The number of benzene rings is 2. The van der Waals surface area contributed by atoms with E-state index in [1.165, 1.54) is 14.0 Å². The van der Waals surface area contributed by atoms with E-state index in [2.05, 4.69) is 10.2 Å². The van der Waals surface area contributed by atoms with Crippen molar-refractivity contribution in [1.82, 2.24) is 10.2 Å². The second kappa shape index (κ2) is 6.40. The number of hydrogen-bond acceptors (Lipinski definition) is 4. The predicted molar refractivity (Wildman–Crippen MR) is 89.5 cm³/mol. The number of Topliss-reactive ketones (excluding diaryl/α,β-unsaturated/α-hetero) is 1. The molecule has 1 aromatic heterocycles. The largest absolute Gasteiger partial charge is 0.479 e. The Bertz CT molecular complexity index is 831. The van der Waals surface area contributed by atoms with E-state index in [-0.39, 0.29) is 11.7 Å². The average Bonchev–Trinajstić information content (AvgIpc) is 2.61. The maximum Gasteiger partial charge on any atom is 0.244 e. The van der Waals surface area contributed by atoms with E-state index in [1.807, 2.05) is 60.7 Å². The molecule has 0 saturated carbocycles. The van der Waals surface area contributed by atoms with Gasteiger partial charge in [-0.05, 0) is 12.5 Å². The van der Waals surface area contributed by atoms with Gasteiger partial charge in [-0.25, -0.2) is 0 Å². The lowest BCUT2D eigenvalue weighted by Crippen LogP contribution is -2.07. The van der Waals surface area contributed by atoms with Crippen LogP contribution in [0.25, 0.3) is 22.4 Å². The second-order valence-electron chi connectivity index (χ2n) is 5.10. The van der Waals surface area contributed by atoms with Crippen LogP contribution in [-0.4, -0.2) is 23.1 Å². The minimum Gasteiger partial charge on any atom is -0.479 e. The van der Waals surface area contributed by atoms with Gasteiger partial charge in [0.15, 0.2) is 5.78 Å². The zero-order valence-electron chi connectivity index (χ0n) is 13.0. The van der Waals surface area contributed by atoms with Crippen LogP contribution in [0.15, 0.2) is 60.7 Å². The number of nitrogens with zero attached hydrogens (tertiary/aromatic N) is 2. The van der Waals surface area contributed by atoms with Gasteiger partial charge >= 0.3 is 0 Å². The van der Waals surface area contributed by atoms with Crippen molar-refractivity contribution in [2.75, 3.05) is 7.11 Å². The van der Waals surface area contributed by atoms with Crippen LogP contribution in [0.1, 0.15) is 17.3 Å². The first kappa shape index (κ1) is 14.9. The van der Waals surface area contributed by atoms with Crippen LogP contribution in [0.4, 0.5) is 0 Å². The van der Waals surface area contributed by atoms with Gasteiger partial charge in [0.1, 0.15) is 5.69 Å². The Balaban J connectivity index is 2.37. The Morgan fingerprint density at radius 2 is 1.43 bits per heavy atom. The summed E-state index contributed by atoms with van der Waals surface area (Å²) in [7, 11) is 1.49. The molecule has 0 atom stereocenters. The van der Waals surface area contributed by atoms with Crippen molar-refractivity contribution >= 4 is 5.78 Å². The zero-order chi connectivity index (χ0) is 16.2. The molecule has 0 radical (unpaired) electrons. The molecule has 2 aromatic carbocycles. The molecule has 0 spiro atoms. The van der Waals surface area contributed by atoms with Crippen molar-refractivity contribution in [2.45, 2.75) is 6.92 Å². The van der Waals surface area contributed by atoms with Gasteiger partial charge in [-0.1, -0.05) is 60.7 Å². The lowest BCUT2D eigenvalue weighted by atomic mass is 9.94. The van der Waals surface area contributed by atoms with Gasteiger partial charge in [0.2, 0.25) is 5.88 Å². The number of aromatic nitrogens is 2. The third-order valence-electron chi connectivity index (χ3n) is 3.60. The first-order chi connectivity index (χ1) is 11.2. The van der Waals surface area contributed by atoms with Gasteiger partial charge < -0.3 is 4.74 Å². The van der Waals surface area contributed by atoms with Gasteiger partial charge in [0.05, 0.1) is 12.7 Å². The quantitative estimate of drug-likeness (QED) is 0.683. The highest BCUT2D eigenvalue weighted by Crippen LogP contribution is 2.36. The Hall–Kier alpha value is -3.01. The topological polar surface area (TPSA) is 52.1 Å². The van der Waals surface area contributed by atoms with Crippen LogP contribution in [0.5, 0.6) is 5.88 Å². The molecule has 0 aliphatic carbocycles. The molecule has 0 amide bonds. The Morgan fingerprint density at radius 3 is 1.96 bits per heavy atom. The number of ketones is 1. The third-order valence-corrected chi connectivity index (χ3v) is 3.60. The summed E-state index contributed by atoms with van der Waals surface area (Å²) in [6.45, 7) is 1.51. The van der Waals surface area contributed by atoms with E-state index < -0.39 is 0 Å². The molecule has 0 aliphatic rings. The molecule has 4 heteroatoms. The maximum atomic E-state index is 12.3. The lowest BCUT2D eigenvalue weighted by Gasteiger charge is -2.14. The van der Waals surface area contributed by atoms with E-state index in [9.17, 15) is 4.79 Å². The molecular formula is C19H16N2O2. The highest BCUT2D eigenvalue weighted by atomic mass is 16.5. The zero-order valence-corrected chi connectivity index (χ0v) is 13.0. The van der Waals surface area contributed by atoms with Gasteiger partial charge in [-0.15, -0.1) is 10.2 Å². The first-order valence-electron chi connectivity index (χ1n) is 7.29. The molecule has 0 bridgehead atoms. The SMILES string of the molecule is COc1nnc(-c2ccccc2)c(-c2ccccc2)c1C(C)=O. The van der Waals surface area contributed by atoms with Crippen LogP contribution in [0.2, 0.25) is 0 Å². The lowest BCUT2D eigenvalue weighted by molar-refractivity contribution is 0.101. The third kappa shape index (κ3) is 2.83. The van der Waals surface area contributed by atoms with Gasteiger partial charge in [0, 0.05) is 11.1 Å². The summed E-state index contributed by atoms with van der Waals surface area (Å²) < 4.78 is 5.27. The Kier molecular flexibility index (Phi) is 4.15. The fourth-order valence-electron chi connectivity index (χ4n) is 2.57. The van der Waals surface area contributed by atoms with E-state index in [1.54, 1.807) is 0 Å². The molecule has 114 valence electrons. The molecule has 3 aromatic rings. The molecule has 0 saturated heterocycles. The summed E-state index contributed by atoms with van der Waals surface area (Å²) in [5.74, 6) is 0.142. The molecule has 3 rings (SSSR count). The van der Waals surface area contributed by atoms with Gasteiger partial charge in [0.25, 0.3) is 0 Å². The summed E-state index contributed by atoms with van der Waals surface area (Å²) in [5.41, 5.74) is 3.68. The first-order valence-corrected chi connectivity index (χ1v) is 7.29. The number of hydrogen-bond donors (Lipinski definition) is 0. The summed E-state index contributed by atoms with van der Waals surface area (Å²) in [5, 5.41) is 8.40. The van der Waals surface area contributed by atoms with Crippen LogP contribution in [0.3, 0.4) is 0 Å². The van der Waals surface area contributed by atoms with E-state index in [0.29, 0.717) is 11.3 Å².